The van der Waals surface area contributed by atoms with Crippen molar-refractivity contribution in [3.05, 3.63) is 53.9 Å². The molecule has 0 saturated heterocycles. The molecule has 0 bridgehead atoms. The summed E-state index contributed by atoms with van der Waals surface area (Å²) >= 11 is 0. The van der Waals surface area contributed by atoms with Gasteiger partial charge >= 0.3 is 0 Å². The smallest absolute Gasteiger partial charge is 0.274 e. The average molecular weight is 355 g/mol. The molecule has 0 aliphatic rings. The predicted molar refractivity (Wildman–Crippen MR) is 102 cm³/mol. The van der Waals surface area contributed by atoms with Crippen LogP contribution in [0.15, 0.2) is 42.5 Å². The van der Waals surface area contributed by atoms with E-state index in [1.807, 2.05) is 39.8 Å². The van der Waals surface area contributed by atoms with Gasteiger partial charge in [-0.1, -0.05) is 25.1 Å². The first-order valence-corrected chi connectivity index (χ1v) is 8.75. The molecule has 2 rings (SSSR count). The first-order chi connectivity index (χ1) is 12.4. The van der Waals surface area contributed by atoms with E-state index in [0.29, 0.717) is 11.4 Å². The lowest BCUT2D eigenvalue weighted by Crippen LogP contribution is -2.32. The van der Waals surface area contributed by atoms with Gasteiger partial charge in [-0.15, -0.1) is 0 Å². The largest absolute Gasteiger partial charge is 0.489 e. The number of hydrogen-bond donors (Lipinski definition) is 2. The third-order valence-corrected chi connectivity index (χ3v) is 3.70. The highest BCUT2D eigenvalue weighted by Gasteiger charge is 2.15. The summed E-state index contributed by atoms with van der Waals surface area (Å²) in [6.07, 6.45) is 0.803. The molecule has 0 saturated carbocycles. The van der Waals surface area contributed by atoms with E-state index < -0.39 is 5.91 Å². The Bertz CT molecular complexity index is 774. The fraction of sp³-hybridized carbons (Fsp3) is 0.350. The highest BCUT2D eigenvalue weighted by atomic mass is 16.5. The number of aromatic nitrogens is 1. The monoisotopic (exact) mass is 355 g/mol. The SMILES string of the molecule is CCC(C)NC(=O)c1cccc(C(=O)Nc2ccccc2OC(C)C)n1. The maximum absolute atomic E-state index is 12.5. The molecule has 1 atom stereocenters. The Labute approximate surface area is 154 Å². The van der Waals surface area contributed by atoms with Crippen LogP contribution in [0.2, 0.25) is 0 Å². The third-order valence-electron chi connectivity index (χ3n) is 3.70. The van der Waals surface area contributed by atoms with Gasteiger partial charge < -0.3 is 15.4 Å². The van der Waals surface area contributed by atoms with Gasteiger partial charge in [0.15, 0.2) is 0 Å². The van der Waals surface area contributed by atoms with Crippen LogP contribution >= 0.6 is 0 Å². The standard InChI is InChI=1S/C20H25N3O3/c1-5-14(4)21-19(24)16-10-8-11-17(22-16)20(25)23-15-9-6-7-12-18(15)26-13(2)3/h6-14H,5H2,1-4H3,(H,21,24)(H,23,25). The Morgan fingerprint density at radius 1 is 1.00 bits per heavy atom. The van der Waals surface area contributed by atoms with Gasteiger partial charge in [-0.25, -0.2) is 4.98 Å². The second kappa shape index (κ2) is 8.99. The minimum atomic E-state index is -0.400. The number of para-hydroxylation sites is 2. The number of anilines is 1. The lowest BCUT2D eigenvalue weighted by molar-refractivity contribution is 0.0934. The van der Waals surface area contributed by atoms with E-state index in [-0.39, 0.29) is 29.4 Å². The summed E-state index contributed by atoms with van der Waals surface area (Å²) in [5, 5.41) is 5.63. The third kappa shape index (κ3) is 5.31. The Morgan fingerprint density at radius 2 is 1.65 bits per heavy atom. The van der Waals surface area contributed by atoms with Crippen molar-refractivity contribution < 1.29 is 14.3 Å². The first-order valence-electron chi connectivity index (χ1n) is 8.75. The van der Waals surface area contributed by atoms with Gasteiger partial charge in [0.1, 0.15) is 17.1 Å². The molecule has 26 heavy (non-hydrogen) atoms. The Hall–Kier alpha value is -2.89. The summed E-state index contributed by atoms with van der Waals surface area (Å²) in [7, 11) is 0. The molecule has 1 aromatic carbocycles. The summed E-state index contributed by atoms with van der Waals surface area (Å²) in [5.74, 6) is -0.109. The van der Waals surface area contributed by atoms with E-state index in [1.165, 1.54) is 0 Å². The summed E-state index contributed by atoms with van der Waals surface area (Å²) in [5.41, 5.74) is 0.938. The molecule has 1 unspecified atom stereocenters. The van der Waals surface area contributed by atoms with Crippen LogP contribution in [0.4, 0.5) is 5.69 Å². The number of nitrogens with one attached hydrogen (secondary N) is 2. The van der Waals surface area contributed by atoms with Gasteiger partial charge in [0.05, 0.1) is 11.8 Å². The van der Waals surface area contributed by atoms with E-state index in [0.717, 1.165) is 6.42 Å². The maximum atomic E-state index is 12.5. The zero-order chi connectivity index (χ0) is 19.1. The summed E-state index contributed by atoms with van der Waals surface area (Å²) in [4.78, 5) is 28.9. The summed E-state index contributed by atoms with van der Waals surface area (Å²) in [6, 6.07) is 12.0. The second-order valence-electron chi connectivity index (χ2n) is 6.31. The van der Waals surface area contributed by atoms with Crippen LogP contribution in [0.3, 0.4) is 0 Å². The molecule has 2 N–H and O–H groups in total. The fourth-order valence-corrected chi connectivity index (χ4v) is 2.20. The van der Waals surface area contributed by atoms with Crippen molar-refractivity contribution in [3.63, 3.8) is 0 Å². The van der Waals surface area contributed by atoms with Crippen LogP contribution in [-0.4, -0.2) is 28.9 Å². The van der Waals surface area contributed by atoms with Gasteiger partial charge in [-0.2, -0.15) is 0 Å². The molecule has 2 amide bonds. The molecular formula is C20H25N3O3. The number of amides is 2. The highest BCUT2D eigenvalue weighted by molar-refractivity contribution is 6.04. The molecule has 0 aliphatic carbocycles. The maximum Gasteiger partial charge on any atom is 0.274 e. The van der Waals surface area contributed by atoms with E-state index >= 15 is 0 Å². The van der Waals surface area contributed by atoms with Gasteiger partial charge in [-0.05, 0) is 51.5 Å². The number of carbonyl (C=O) groups is 2. The minimum Gasteiger partial charge on any atom is -0.489 e. The van der Waals surface area contributed by atoms with Crippen molar-refractivity contribution in [3.8, 4) is 5.75 Å². The molecule has 0 spiro atoms. The number of benzene rings is 1. The molecule has 1 heterocycles. The molecule has 2 aromatic rings. The highest BCUT2D eigenvalue weighted by Crippen LogP contribution is 2.25. The number of carbonyl (C=O) groups excluding carboxylic acids is 2. The minimum absolute atomic E-state index is 0.0150. The van der Waals surface area contributed by atoms with Gasteiger partial charge in [-0.3, -0.25) is 9.59 Å². The average Bonchev–Trinajstić information content (AvgIpc) is 2.62. The first kappa shape index (κ1) is 19.4. The Morgan fingerprint density at radius 3 is 2.31 bits per heavy atom. The second-order valence-corrected chi connectivity index (χ2v) is 6.31. The van der Waals surface area contributed by atoms with Gasteiger partial charge in [0.2, 0.25) is 0 Å². The molecule has 1 aromatic heterocycles. The number of rotatable bonds is 7. The Kier molecular flexibility index (Phi) is 6.72. The molecule has 0 radical (unpaired) electrons. The van der Waals surface area contributed by atoms with Gasteiger partial charge in [0, 0.05) is 6.04 Å². The van der Waals surface area contributed by atoms with E-state index in [2.05, 4.69) is 15.6 Å². The van der Waals surface area contributed by atoms with Crippen LogP contribution in [0, 0.1) is 0 Å². The zero-order valence-electron chi connectivity index (χ0n) is 15.6. The number of pyridine rings is 1. The van der Waals surface area contributed by atoms with E-state index in [4.69, 9.17) is 4.74 Å². The summed E-state index contributed by atoms with van der Waals surface area (Å²) in [6.45, 7) is 7.73. The normalized spacial score (nSPS) is 11.7. The number of ether oxygens (including phenoxy) is 1. The van der Waals surface area contributed by atoms with E-state index in [9.17, 15) is 9.59 Å². The van der Waals surface area contributed by atoms with Crippen LogP contribution in [0.5, 0.6) is 5.75 Å². The van der Waals surface area contributed by atoms with Crippen molar-refractivity contribution in [1.82, 2.24) is 10.3 Å². The molecular weight excluding hydrogens is 330 g/mol. The quantitative estimate of drug-likeness (QED) is 0.794. The summed E-state index contributed by atoms with van der Waals surface area (Å²) < 4.78 is 5.70. The molecule has 0 fully saturated rings. The van der Waals surface area contributed by atoms with E-state index in [1.54, 1.807) is 30.3 Å². The van der Waals surface area contributed by atoms with Crippen LogP contribution in [-0.2, 0) is 0 Å². The molecule has 0 aliphatic heterocycles. The topological polar surface area (TPSA) is 80.3 Å². The molecule has 6 nitrogen and oxygen atoms in total. The predicted octanol–water partition coefficient (Wildman–Crippen LogP) is 3.65. The number of nitrogens with zero attached hydrogens (tertiary/aromatic N) is 1. The van der Waals surface area contributed by atoms with Crippen molar-refractivity contribution >= 4 is 17.5 Å². The van der Waals surface area contributed by atoms with Crippen molar-refractivity contribution in [2.24, 2.45) is 0 Å². The van der Waals surface area contributed by atoms with Crippen LogP contribution < -0.4 is 15.4 Å². The lowest BCUT2D eigenvalue weighted by Gasteiger charge is -2.15. The van der Waals surface area contributed by atoms with Crippen LogP contribution in [0.1, 0.15) is 55.1 Å². The lowest BCUT2D eigenvalue weighted by atomic mass is 10.2. The molecule has 6 heteroatoms. The number of hydrogen-bond acceptors (Lipinski definition) is 4. The molecule has 138 valence electrons. The van der Waals surface area contributed by atoms with Gasteiger partial charge in [0.25, 0.3) is 11.8 Å². The Balaban J connectivity index is 2.16. The van der Waals surface area contributed by atoms with Crippen molar-refractivity contribution in [1.29, 1.82) is 0 Å². The fourth-order valence-electron chi connectivity index (χ4n) is 2.20. The zero-order valence-corrected chi connectivity index (χ0v) is 15.6. The van der Waals surface area contributed by atoms with Crippen molar-refractivity contribution in [2.75, 3.05) is 5.32 Å². The van der Waals surface area contributed by atoms with Crippen molar-refractivity contribution in [2.45, 2.75) is 46.3 Å². The van der Waals surface area contributed by atoms with Crippen LogP contribution in [0.25, 0.3) is 0 Å².